The minimum atomic E-state index is -4.13. The maximum Gasteiger partial charge on any atom is 0.264 e. The molecule has 0 spiro atoms. The molecular weight excluding hydrogens is 550 g/mol. The van der Waals surface area contributed by atoms with Gasteiger partial charge in [0, 0.05) is 31.4 Å². The molecule has 0 saturated carbocycles. The van der Waals surface area contributed by atoms with Crippen molar-refractivity contribution in [1.29, 1.82) is 0 Å². The Morgan fingerprint density at radius 3 is 2.16 bits per heavy atom. The van der Waals surface area contributed by atoms with Gasteiger partial charge >= 0.3 is 0 Å². The lowest BCUT2D eigenvalue weighted by Gasteiger charge is -2.27. The Hall–Kier alpha value is -3.12. The second-order valence-corrected chi connectivity index (χ2v) is 13.2. The minimum Gasteiger partial charge on any atom is -0.494 e. The second kappa shape index (κ2) is 10.9. The molecule has 0 bridgehead atoms. The van der Waals surface area contributed by atoms with Crippen LogP contribution in [0.4, 0.5) is 11.4 Å². The number of sulfonamides is 2. The Bertz CT molecular complexity index is 1540. The lowest BCUT2D eigenvalue weighted by molar-refractivity contribution is -0.117. The number of nitrogens with zero attached hydrogens (tertiary/aromatic N) is 3. The molecule has 1 aliphatic heterocycles. The van der Waals surface area contributed by atoms with E-state index in [0.29, 0.717) is 47.3 Å². The van der Waals surface area contributed by atoms with Gasteiger partial charge in [-0.1, -0.05) is 11.6 Å². The van der Waals surface area contributed by atoms with Gasteiger partial charge in [0.05, 0.1) is 22.1 Å². The summed E-state index contributed by atoms with van der Waals surface area (Å²) in [5.41, 5.74) is 1.56. The number of benzene rings is 3. The lowest BCUT2D eigenvalue weighted by atomic mass is 10.2. The Morgan fingerprint density at radius 2 is 1.55 bits per heavy atom. The molecule has 0 atom stereocenters. The molecule has 38 heavy (non-hydrogen) atoms. The molecule has 202 valence electrons. The number of fused-ring (bicyclic) bond motifs is 1. The van der Waals surface area contributed by atoms with Crippen molar-refractivity contribution in [3.8, 4) is 5.75 Å². The average Bonchev–Trinajstić information content (AvgIpc) is 3.31. The Kier molecular flexibility index (Phi) is 8.03. The molecule has 0 saturated heterocycles. The van der Waals surface area contributed by atoms with E-state index in [1.807, 2.05) is 6.92 Å². The first-order chi connectivity index (χ1) is 17.9. The van der Waals surface area contributed by atoms with Crippen LogP contribution in [0.3, 0.4) is 0 Å². The van der Waals surface area contributed by atoms with Crippen molar-refractivity contribution in [2.75, 3.05) is 43.0 Å². The van der Waals surface area contributed by atoms with E-state index in [0.717, 1.165) is 8.61 Å². The Morgan fingerprint density at radius 1 is 0.921 bits per heavy atom. The highest BCUT2D eigenvalue weighted by Gasteiger charge is 2.32. The molecule has 4 rings (SSSR count). The van der Waals surface area contributed by atoms with E-state index < -0.39 is 32.5 Å². The van der Waals surface area contributed by atoms with Gasteiger partial charge in [-0.3, -0.25) is 9.10 Å². The maximum atomic E-state index is 13.7. The van der Waals surface area contributed by atoms with Crippen molar-refractivity contribution in [2.24, 2.45) is 0 Å². The summed E-state index contributed by atoms with van der Waals surface area (Å²) in [5.74, 6) is 0.127. The van der Waals surface area contributed by atoms with Gasteiger partial charge in [-0.25, -0.2) is 21.1 Å². The summed E-state index contributed by atoms with van der Waals surface area (Å²) < 4.78 is 60.1. The molecule has 3 aromatic carbocycles. The summed E-state index contributed by atoms with van der Waals surface area (Å²) >= 11 is 5.96. The Balaban J connectivity index is 1.67. The van der Waals surface area contributed by atoms with Crippen molar-refractivity contribution in [3.05, 3.63) is 77.3 Å². The Labute approximate surface area is 228 Å². The molecule has 0 radical (unpaired) electrons. The molecule has 3 aromatic rings. The summed E-state index contributed by atoms with van der Waals surface area (Å²) in [5, 5.41) is 0.386. The molecule has 0 fully saturated rings. The van der Waals surface area contributed by atoms with Gasteiger partial charge in [-0.15, -0.1) is 0 Å². The van der Waals surface area contributed by atoms with E-state index in [1.165, 1.54) is 49.3 Å². The molecule has 1 amide bonds. The van der Waals surface area contributed by atoms with E-state index in [1.54, 1.807) is 36.4 Å². The zero-order valence-electron chi connectivity index (χ0n) is 21.2. The second-order valence-electron chi connectivity index (χ2n) is 8.77. The average molecular weight is 578 g/mol. The van der Waals surface area contributed by atoms with Crippen LogP contribution in [0.2, 0.25) is 5.02 Å². The highest BCUT2D eigenvalue weighted by molar-refractivity contribution is 7.92. The highest BCUT2D eigenvalue weighted by Crippen LogP contribution is 2.32. The fourth-order valence-electron chi connectivity index (χ4n) is 4.14. The molecule has 0 N–H and O–H groups in total. The van der Waals surface area contributed by atoms with Gasteiger partial charge < -0.3 is 9.64 Å². The third-order valence-corrected chi connectivity index (χ3v) is 9.99. The zero-order chi connectivity index (χ0) is 27.7. The van der Waals surface area contributed by atoms with Crippen LogP contribution in [0.25, 0.3) is 0 Å². The van der Waals surface area contributed by atoms with Crippen molar-refractivity contribution >= 4 is 48.9 Å². The van der Waals surface area contributed by atoms with Crippen LogP contribution in [0, 0.1) is 0 Å². The number of hydrogen-bond donors (Lipinski definition) is 0. The van der Waals surface area contributed by atoms with E-state index in [2.05, 4.69) is 0 Å². The number of hydrogen-bond acceptors (Lipinski definition) is 6. The molecule has 0 unspecified atom stereocenters. The normalized spacial score (nSPS) is 13.4. The standard InChI is InChI=1S/C26H28ClN3O6S2/c1-4-36-22-9-7-21(8-10-22)30(38(34,35)23-11-5-20(27)6-12-23)18-26(31)29-16-15-19-17-24(13-14-25(19)29)37(32,33)28(2)3/h5-14,17H,4,15-16,18H2,1-3H3. The number of anilines is 2. The van der Waals surface area contributed by atoms with Crippen molar-refractivity contribution in [1.82, 2.24) is 4.31 Å². The van der Waals surface area contributed by atoms with Gasteiger partial charge in [0.25, 0.3) is 10.0 Å². The fourth-order valence-corrected chi connectivity index (χ4v) is 6.63. The first-order valence-corrected chi connectivity index (χ1v) is 15.1. The molecular formula is C26H28ClN3O6S2. The van der Waals surface area contributed by atoms with Crippen LogP contribution in [0.5, 0.6) is 5.75 Å². The lowest BCUT2D eigenvalue weighted by Crippen LogP contribution is -2.42. The number of halogens is 1. The van der Waals surface area contributed by atoms with Crippen molar-refractivity contribution < 1.29 is 26.4 Å². The summed E-state index contributed by atoms with van der Waals surface area (Å²) in [6, 6.07) is 16.8. The predicted octanol–water partition coefficient (Wildman–Crippen LogP) is 3.77. The van der Waals surface area contributed by atoms with Gasteiger partial charge in [0.1, 0.15) is 12.3 Å². The van der Waals surface area contributed by atoms with Gasteiger partial charge in [-0.2, -0.15) is 0 Å². The summed E-state index contributed by atoms with van der Waals surface area (Å²) in [6.45, 7) is 2.14. The fraction of sp³-hybridized carbons (Fsp3) is 0.269. The van der Waals surface area contributed by atoms with Crippen LogP contribution >= 0.6 is 11.6 Å². The zero-order valence-corrected chi connectivity index (χ0v) is 23.6. The smallest absolute Gasteiger partial charge is 0.264 e. The van der Waals surface area contributed by atoms with E-state index in [-0.39, 0.29) is 9.79 Å². The highest BCUT2D eigenvalue weighted by atomic mass is 35.5. The number of carbonyl (C=O) groups is 1. The number of carbonyl (C=O) groups excluding carboxylic acids is 1. The van der Waals surface area contributed by atoms with E-state index in [9.17, 15) is 21.6 Å². The molecule has 9 nitrogen and oxygen atoms in total. The first-order valence-electron chi connectivity index (χ1n) is 11.8. The van der Waals surface area contributed by atoms with E-state index in [4.69, 9.17) is 16.3 Å². The predicted molar refractivity (Wildman–Crippen MR) is 147 cm³/mol. The summed E-state index contributed by atoms with van der Waals surface area (Å²) in [4.78, 5) is 15.1. The number of rotatable bonds is 9. The van der Waals surface area contributed by atoms with Gasteiger partial charge in [0.15, 0.2) is 0 Å². The van der Waals surface area contributed by atoms with Crippen molar-refractivity contribution in [3.63, 3.8) is 0 Å². The molecule has 0 aliphatic carbocycles. The van der Waals surface area contributed by atoms with Gasteiger partial charge in [-0.05, 0) is 85.6 Å². The summed E-state index contributed by atoms with van der Waals surface area (Å²) in [7, 11) is -4.85. The quantitative estimate of drug-likeness (QED) is 0.383. The number of amides is 1. The van der Waals surface area contributed by atoms with Gasteiger partial charge in [0.2, 0.25) is 15.9 Å². The van der Waals surface area contributed by atoms with Crippen LogP contribution in [0.1, 0.15) is 12.5 Å². The largest absolute Gasteiger partial charge is 0.494 e. The van der Waals surface area contributed by atoms with Crippen LogP contribution in [-0.2, 0) is 31.3 Å². The SMILES string of the molecule is CCOc1ccc(N(CC(=O)N2CCc3cc(S(=O)(=O)N(C)C)ccc32)S(=O)(=O)c2ccc(Cl)cc2)cc1. The molecule has 1 aliphatic rings. The molecule has 1 heterocycles. The van der Waals surface area contributed by atoms with Crippen molar-refractivity contribution in [2.45, 2.75) is 23.1 Å². The maximum absolute atomic E-state index is 13.7. The van der Waals surface area contributed by atoms with Crippen LogP contribution in [-0.4, -0.2) is 60.8 Å². The molecule has 12 heteroatoms. The molecule has 0 aromatic heterocycles. The van der Waals surface area contributed by atoms with E-state index >= 15 is 0 Å². The monoisotopic (exact) mass is 577 g/mol. The first kappa shape index (κ1) is 27.9. The summed E-state index contributed by atoms with van der Waals surface area (Å²) in [6.07, 6.45) is 0.449. The van der Waals surface area contributed by atoms with Crippen LogP contribution < -0.4 is 13.9 Å². The number of ether oxygens (including phenoxy) is 1. The third kappa shape index (κ3) is 5.51. The topological polar surface area (TPSA) is 104 Å². The van der Waals surface area contributed by atoms with Crippen LogP contribution in [0.15, 0.2) is 76.5 Å². The third-order valence-electron chi connectivity index (χ3n) is 6.14. The minimum absolute atomic E-state index is 0.0102.